The molecule has 2 heterocycles. The third-order valence-corrected chi connectivity index (χ3v) is 9.78. The van der Waals surface area contributed by atoms with E-state index in [1.165, 1.54) is 33.3 Å². The average molecular weight is 601 g/mol. The number of halogens is 1. The lowest BCUT2D eigenvalue weighted by atomic mass is 10.0. The second-order valence-electron chi connectivity index (χ2n) is 9.83. The van der Waals surface area contributed by atoms with Crippen LogP contribution in [-0.2, 0) is 23.0 Å². The normalized spacial score (nSPS) is 13.6. The number of fused-ring (bicyclic) bond motifs is 2. The van der Waals surface area contributed by atoms with E-state index in [1.54, 1.807) is 24.1 Å². The van der Waals surface area contributed by atoms with E-state index in [-0.39, 0.29) is 23.2 Å². The minimum absolute atomic E-state index is 0. The van der Waals surface area contributed by atoms with E-state index >= 15 is 0 Å². The van der Waals surface area contributed by atoms with Crippen LogP contribution in [0.4, 0.5) is 5.13 Å². The maximum Gasteiger partial charge on any atom is 0.260 e. The van der Waals surface area contributed by atoms with Gasteiger partial charge in [0.05, 0.1) is 22.2 Å². The molecule has 212 valence electrons. The molecule has 0 N–H and O–H groups in total. The predicted molar refractivity (Wildman–Crippen MR) is 162 cm³/mol. The van der Waals surface area contributed by atoms with Gasteiger partial charge in [-0.2, -0.15) is 4.31 Å². The maximum atomic E-state index is 13.7. The fourth-order valence-corrected chi connectivity index (χ4v) is 7.15. The SMILES string of the molecule is COc1ccc2nc(N(CCCN(C)C)C(=O)c3ccc(S(=O)(=O)N4CCc5ccccc5C4)cc3)sc2c1.Cl. The van der Waals surface area contributed by atoms with Crippen molar-refractivity contribution in [1.29, 1.82) is 0 Å². The van der Waals surface area contributed by atoms with Crippen molar-refractivity contribution in [3.8, 4) is 5.75 Å². The molecule has 0 saturated heterocycles. The number of ether oxygens (including phenoxy) is 1. The van der Waals surface area contributed by atoms with Crippen molar-refractivity contribution in [2.24, 2.45) is 0 Å². The summed E-state index contributed by atoms with van der Waals surface area (Å²) in [6.45, 7) is 2.09. The summed E-state index contributed by atoms with van der Waals surface area (Å²) in [5.41, 5.74) is 3.43. The van der Waals surface area contributed by atoms with Gasteiger partial charge in [0, 0.05) is 25.2 Å². The van der Waals surface area contributed by atoms with Crippen molar-refractivity contribution < 1.29 is 17.9 Å². The number of thiazole rings is 1. The quantitative estimate of drug-likeness (QED) is 0.267. The molecule has 0 fully saturated rings. The van der Waals surface area contributed by atoms with E-state index in [9.17, 15) is 13.2 Å². The molecule has 0 unspecified atom stereocenters. The van der Waals surface area contributed by atoms with E-state index in [0.29, 0.717) is 36.8 Å². The zero-order valence-corrected chi connectivity index (χ0v) is 25.2. The third-order valence-electron chi connectivity index (χ3n) is 6.88. The summed E-state index contributed by atoms with van der Waals surface area (Å²) < 4.78 is 34.6. The Morgan fingerprint density at radius 1 is 1.02 bits per heavy atom. The van der Waals surface area contributed by atoms with Crippen LogP contribution in [-0.4, -0.2) is 69.4 Å². The minimum atomic E-state index is -3.69. The Morgan fingerprint density at radius 3 is 2.45 bits per heavy atom. The van der Waals surface area contributed by atoms with Gasteiger partial charge < -0.3 is 9.64 Å². The first-order chi connectivity index (χ1) is 18.8. The van der Waals surface area contributed by atoms with Gasteiger partial charge >= 0.3 is 0 Å². The molecule has 4 aromatic rings. The van der Waals surface area contributed by atoms with Gasteiger partial charge in [-0.05, 0) is 87.1 Å². The van der Waals surface area contributed by atoms with Crippen molar-refractivity contribution in [3.05, 3.63) is 83.4 Å². The predicted octanol–water partition coefficient (Wildman–Crippen LogP) is 5.07. The highest BCUT2D eigenvalue weighted by Crippen LogP contribution is 2.33. The van der Waals surface area contributed by atoms with Gasteiger partial charge in [-0.15, -0.1) is 12.4 Å². The monoisotopic (exact) mass is 600 g/mol. The molecule has 0 saturated carbocycles. The van der Waals surface area contributed by atoms with Crippen LogP contribution in [0, 0.1) is 0 Å². The van der Waals surface area contributed by atoms with Crippen LogP contribution in [0.15, 0.2) is 71.6 Å². The molecule has 40 heavy (non-hydrogen) atoms. The Bertz CT molecular complexity index is 1590. The summed E-state index contributed by atoms with van der Waals surface area (Å²) in [6, 6.07) is 19.8. The van der Waals surface area contributed by atoms with E-state index in [2.05, 4.69) is 4.90 Å². The number of carbonyl (C=O) groups excluding carboxylic acids is 1. The van der Waals surface area contributed by atoms with Crippen molar-refractivity contribution >= 4 is 55.0 Å². The molecule has 3 aromatic carbocycles. The lowest BCUT2D eigenvalue weighted by Crippen LogP contribution is -2.36. The zero-order chi connectivity index (χ0) is 27.6. The molecule has 11 heteroatoms. The molecule has 1 amide bonds. The molecule has 5 rings (SSSR count). The number of hydrogen-bond donors (Lipinski definition) is 0. The lowest BCUT2D eigenvalue weighted by Gasteiger charge is -2.28. The van der Waals surface area contributed by atoms with E-state index in [0.717, 1.165) is 34.5 Å². The highest BCUT2D eigenvalue weighted by molar-refractivity contribution is 7.89. The van der Waals surface area contributed by atoms with Crippen LogP contribution < -0.4 is 9.64 Å². The van der Waals surface area contributed by atoms with Gasteiger partial charge in [0.15, 0.2) is 5.13 Å². The first-order valence-corrected chi connectivity index (χ1v) is 15.1. The lowest BCUT2D eigenvalue weighted by molar-refractivity contribution is 0.0986. The Balaban J connectivity index is 0.00000370. The highest BCUT2D eigenvalue weighted by atomic mass is 35.5. The second-order valence-corrected chi connectivity index (χ2v) is 12.8. The van der Waals surface area contributed by atoms with Crippen molar-refractivity contribution in [2.75, 3.05) is 45.7 Å². The van der Waals surface area contributed by atoms with Crippen LogP contribution in [0.5, 0.6) is 5.75 Å². The molecule has 0 atom stereocenters. The number of anilines is 1. The summed E-state index contributed by atoms with van der Waals surface area (Å²) in [5, 5.41) is 0.602. The summed E-state index contributed by atoms with van der Waals surface area (Å²) in [7, 11) is 1.93. The van der Waals surface area contributed by atoms with Gasteiger partial charge in [-0.25, -0.2) is 13.4 Å². The number of amides is 1. The summed E-state index contributed by atoms with van der Waals surface area (Å²) in [5.74, 6) is 0.521. The van der Waals surface area contributed by atoms with Gasteiger partial charge in [-0.3, -0.25) is 9.69 Å². The Labute approximate surface area is 245 Å². The van der Waals surface area contributed by atoms with Gasteiger partial charge in [0.25, 0.3) is 5.91 Å². The molecular weight excluding hydrogens is 568 g/mol. The smallest absolute Gasteiger partial charge is 0.260 e. The maximum absolute atomic E-state index is 13.7. The number of hydrogen-bond acceptors (Lipinski definition) is 7. The number of benzene rings is 3. The average Bonchev–Trinajstić information content (AvgIpc) is 3.37. The molecule has 1 aliphatic rings. The molecule has 1 aliphatic heterocycles. The number of nitrogens with zero attached hydrogens (tertiary/aromatic N) is 4. The topological polar surface area (TPSA) is 83.0 Å². The van der Waals surface area contributed by atoms with Gasteiger partial charge in [-0.1, -0.05) is 35.6 Å². The number of sulfonamides is 1. The van der Waals surface area contributed by atoms with Crippen LogP contribution in [0.2, 0.25) is 0 Å². The van der Waals surface area contributed by atoms with Crippen molar-refractivity contribution in [1.82, 2.24) is 14.2 Å². The van der Waals surface area contributed by atoms with E-state index < -0.39 is 10.0 Å². The Kier molecular flexibility index (Phi) is 9.48. The van der Waals surface area contributed by atoms with E-state index in [4.69, 9.17) is 9.72 Å². The molecule has 0 bridgehead atoms. The molecule has 8 nitrogen and oxygen atoms in total. The zero-order valence-electron chi connectivity index (χ0n) is 22.7. The Hall–Kier alpha value is -3.02. The van der Waals surface area contributed by atoms with Gasteiger partial charge in [0.1, 0.15) is 5.75 Å². The molecule has 0 aliphatic carbocycles. The number of aromatic nitrogens is 1. The standard InChI is InChI=1S/C29H32N4O4S2.ClH/c1-31(2)16-6-17-33(29-30-26-14-11-24(37-3)19-27(26)38-29)28(34)22-9-12-25(13-10-22)39(35,36)32-18-15-21-7-4-5-8-23(21)20-32;/h4-5,7-14,19H,6,15-18,20H2,1-3H3;1H. The summed E-state index contributed by atoms with van der Waals surface area (Å²) >= 11 is 1.44. The van der Waals surface area contributed by atoms with Crippen LogP contribution in [0.25, 0.3) is 10.2 Å². The second kappa shape index (κ2) is 12.7. The first-order valence-electron chi connectivity index (χ1n) is 12.8. The number of methoxy groups -OCH3 is 1. The molecule has 1 aromatic heterocycles. The molecular formula is C29H33ClN4O4S2. The summed E-state index contributed by atoms with van der Waals surface area (Å²) in [4.78, 5) is 22.4. The van der Waals surface area contributed by atoms with Crippen LogP contribution >= 0.6 is 23.7 Å². The Morgan fingerprint density at radius 2 is 1.75 bits per heavy atom. The van der Waals surface area contributed by atoms with Crippen LogP contribution in [0.3, 0.4) is 0 Å². The van der Waals surface area contributed by atoms with Crippen LogP contribution in [0.1, 0.15) is 27.9 Å². The van der Waals surface area contributed by atoms with Crippen molar-refractivity contribution in [3.63, 3.8) is 0 Å². The summed E-state index contributed by atoms with van der Waals surface area (Å²) in [6.07, 6.45) is 1.45. The largest absolute Gasteiger partial charge is 0.497 e. The molecule has 0 radical (unpaired) electrons. The minimum Gasteiger partial charge on any atom is -0.497 e. The third kappa shape index (κ3) is 6.31. The number of carbonyl (C=O) groups is 1. The van der Waals surface area contributed by atoms with Gasteiger partial charge in [0.2, 0.25) is 10.0 Å². The van der Waals surface area contributed by atoms with Crippen molar-refractivity contribution in [2.45, 2.75) is 24.3 Å². The first kappa shape index (κ1) is 30.0. The van der Waals surface area contributed by atoms with E-state index in [1.807, 2.05) is 56.6 Å². The fraction of sp³-hybridized carbons (Fsp3) is 0.310. The number of rotatable bonds is 9. The highest BCUT2D eigenvalue weighted by Gasteiger charge is 2.29. The molecule has 0 spiro atoms. The fourth-order valence-electron chi connectivity index (χ4n) is 4.71.